The van der Waals surface area contributed by atoms with Crippen LogP contribution in [0, 0.1) is 10.1 Å². The smallest absolute Gasteiger partial charge is 0.227 e. The Morgan fingerprint density at radius 3 is 2.93 bits per heavy atom. The van der Waals surface area contributed by atoms with E-state index < -0.39 is 6.04 Å². The number of nitrogens with one attached hydrogen (secondary N) is 1. The maximum Gasteiger partial charge on any atom is 0.227 e. The van der Waals surface area contributed by atoms with Gasteiger partial charge in [-0.2, -0.15) is 0 Å². The maximum atomic E-state index is 10.3. The molecule has 76 valence electrons. The quantitative estimate of drug-likeness (QED) is 0.619. The van der Waals surface area contributed by atoms with Gasteiger partial charge in [-0.25, -0.2) is 0 Å². The number of anilines is 1. The summed E-state index contributed by atoms with van der Waals surface area (Å²) < 4.78 is 0. The summed E-state index contributed by atoms with van der Waals surface area (Å²) in [5.41, 5.74) is 0.797. The molecule has 0 aliphatic rings. The van der Waals surface area contributed by atoms with Crippen LogP contribution in [0.5, 0.6) is 0 Å². The van der Waals surface area contributed by atoms with E-state index in [1.807, 2.05) is 6.07 Å². The van der Waals surface area contributed by atoms with Crippen LogP contribution < -0.4 is 5.32 Å². The second kappa shape index (κ2) is 4.81. The summed E-state index contributed by atoms with van der Waals surface area (Å²) in [4.78, 5) is 10.0. The van der Waals surface area contributed by atoms with Crippen molar-refractivity contribution in [3.8, 4) is 0 Å². The van der Waals surface area contributed by atoms with Crippen molar-refractivity contribution in [1.82, 2.24) is 0 Å². The largest absolute Gasteiger partial charge is 0.378 e. The lowest BCUT2D eigenvalue weighted by Crippen LogP contribution is -2.24. The molecule has 0 bridgehead atoms. The third kappa shape index (κ3) is 3.22. The Morgan fingerprint density at radius 2 is 2.36 bits per heavy atom. The van der Waals surface area contributed by atoms with Crippen molar-refractivity contribution in [2.24, 2.45) is 0 Å². The third-order valence-electron chi connectivity index (χ3n) is 1.79. The van der Waals surface area contributed by atoms with E-state index in [-0.39, 0.29) is 4.92 Å². The van der Waals surface area contributed by atoms with Gasteiger partial charge in [0, 0.05) is 22.6 Å². The van der Waals surface area contributed by atoms with Crippen molar-refractivity contribution < 1.29 is 4.92 Å². The molecule has 0 saturated heterocycles. The zero-order valence-electron chi connectivity index (χ0n) is 7.74. The second-order valence-corrected chi connectivity index (χ2v) is 3.46. The summed E-state index contributed by atoms with van der Waals surface area (Å²) in [5, 5.41) is 13.9. The van der Waals surface area contributed by atoms with Crippen LogP contribution >= 0.6 is 11.6 Å². The first-order valence-corrected chi connectivity index (χ1v) is 4.60. The Morgan fingerprint density at radius 1 is 1.64 bits per heavy atom. The number of hydrogen-bond acceptors (Lipinski definition) is 3. The minimum Gasteiger partial charge on any atom is -0.378 e. The fraction of sp³-hybridized carbons (Fsp3) is 0.333. The van der Waals surface area contributed by atoms with Crippen LogP contribution in [0.25, 0.3) is 0 Å². The van der Waals surface area contributed by atoms with E-state index in [0.29, 0.717) is 11.6 Å². The minimum absolute atomic E-state index is 0.299. The van der Waals surface area contributed by atoms with Crippen molar-refractivity contribution in [1.29, 1.82) is 0 Å². The molecule has 1 aromatic carbocycles. The molecular weight excluding hydrogens is 204 g/mol. The highest BCUT2D eigenvalue weighted by Gasteiger charge is 2.11. The Balaban J connectivity index is 2.49. The van der Waals surface area contributed by atoms with E-state index in [2.05, 4.69) is 5.32 Å². The highest BCUT2D eigenvalue weighted by Crippen LogP contribution is 2.14. The molecule has 0 amide bonds. The number of hydrogen-bond donors (Lipinski definition) is 1. The Bertz CT molecular complexity index is 330. The average Bonchev–Trinajstić information content (AvgIpc) is 2.14. The fourth-order valence-corrected chi connectivity index (χ4v) is 1.13. The van der Waals surface area contributed by atoms with Crippen molar-refractivity contribution in [2.75, 3.05) is 11.9 Å². The van der Waals surface area contributed by atoms with Gasteiger partial charge >= 0.3 is 0 Å². The molecule has 0 spiro atoms. The highest BCUT2D eigenvalue weighted by atomic mass is 35.5. The molecule has 1 rings (SSSR count). The maximum absolute atomic E-state index is 10.3. The molecule has 1 N–H and O–H groups in total. The van der Waals surface area contributed by atoms with Crippen LogP contribution in [0.3, 0.4) is 0 Å². The predicted molar refractivity (Wildman–Crippen MR) is 56.4 cm³/mol. The van der Waals surface area contributed by atoms with Crippen LogP contribution in [-0.2, 0) is 0 Å². The molecule has 0 heterocycles. The van der Waals surface area contributed by atoms with E-state index in [1.165, 1.54) is 0 Å². The van der Waals surface area contributed by atoms with E-state index in [0.717, 1.165) is 5.69 Å². The first-order chi connectivity index (χ1) is 6.59. The van der Waals surface area contributed by atoms with E-state index in [1.54, 1.807) is 25.1 Å². The van der Waals surface area contributed by atoms with Crippen molar-refractivity contribution in [3.05, 3.63) is 39.4 Å². The van der Waals surface area contributed by atoms with Gasteiger partial charge < -0.3 is 5.32 Å². The second-order valence-electron chi connectivity index (χ2n) is 3.03. The zero-order valence-corrected chi connectivity index (χ0v) is 8.49. The molecule has 0 aliphatic carbocycles. The van der Waals surface area contributed by atoms with E-state index in [4.69, 9.17) is 11.6 Å². The van der Waals surface area contributed by atoms with Gasteiger partial charge in [-0.1, -0.05) is 17.7 Å². The van der Waals surface area contributed by atoms with Gasteiger partial charge in [0.2, 0.25) is 6.04 Å². The number of nitrogens with zero attached hydrogens (tertiary/aromatic N) is 1. The predicted octanol–water partition coefficient (Wildman–Crippen LogP) is 2.42. The molecule has 5 heteroatoms. The van der Waals surface area contributed by atoms with Crippen LogP contribution in [0.15, 0.2) is 24.3 Å². The number of nitro groups is 1. The molecule has 0 saturated carbocycles. The minimum atomic E-state index is -0.603. The third-order valence-corrected chi connectivity index (χ3v) is 2.02. The Hall–Kier alpha value is -1.29. The summed E-state index contributed by atoms with van der Waals surface area (Å²) in [6.45, 7) is 1.85. The number of halogens is 1. The van der Waals surface area contributed by atoms with E-state index in [9.17, 15) is 10.1 Å². The van der Waals surface area contributed by atoms with Crippen LogP contribution in [0.4, 0.5) is 5.69 Å². The van der Waals surface area contributed by atoms with Crippen molar-refractivity contribution in [3.63, 3.8) is 0 Å². The van der Waals surface area contributed by atoms with Gasteiger partial charge in [-0.15, -0.1) is 0 Å². The summed E-state index contributed by atoms with van der Waals surface area (Å²) in [6, 6.07) is 6.49. The fourth-order valence-electron chi connectivity index (χ4n) is 0.939. The van der Waals surface area contributed by atoms with E-state index >= 15 is 0 Å². The summed E-state index contributed by atoms with van der Waals surface area (Å²) in [6.07, 6.45) is 0. The topological polar surface area (TPSA) is 55.2 Å². The lowest BCUT2D eigenvalue weighted by molar-refractivity contribution is -0.514. The molecule has 0 radical (unpaired) electrons. The van der Waals surface area contributed by atoms with Crippen molar-refractivity contribution >= 4 is 17.3 Å². The molecule has 1 atom stereocenters. The van der Waals surface area contributed by atoms with Gasteiger partial charge in [-0.3, -0.25) is 10.1 Å². The molecule has 0 aromatic heterocycles. The molecule has 1 aromatic rings. The van der Waals surface area contributed by atoms with Crippen molar-refractivity contribution in [2.45, 2.75) is 13.0 Å². The first-order valence-electron chi connectivity index (χ1n) is 4.22. The molecule has 4 nitrogen and oxygen atoms in total. The van der Waals surface area contributed by atoms with Gasteiger partial charge in [0.05, 0.1) is 6.54 Å². The monoisotopic (exact) mass is 214 g/mol. The van der Waals surface area contributed by atoms with Gasteiger partial charge in [0.15, 0.2) is 0 Å². The molecule has 0 aliphatic heterocycles. The lowest BCUT2D eigenvalue weighted by Gasteiger charge is -2.07. The Labute approximate surface area is 87.0 Å². The van der Waals surface area contributed by atoms with Crippen LogP contribution in [0.2, 0.25) is 5.02 Å². The lowest BCUT2D eigenvalue weighted by atomic mass is 10.3. The number of rotatable bonds is 4. The standard InChI is InChI=1S/C9H11ClN2O2/c1-7(12(13)14)6-11-9-4-2-3-8(10)5-9/h2-5,7,11H,6H2,1H3. The van der Waals surface area contributed by atoms with Crippen LogP contribution in [-0.4, -0.2) is 17.5 Å². The molecular formula is C9H11ClN2O2. The summed E-state index contributed by atoms with van der Waals surface area (Å²) in [5.74, 6) is 0. The van der Waals surface area contributed by atoms with Gasteiger partial charge in [0.25, 0.3) is 0 Å². The average molecular weight is 215 g/mol. The molecule has 14 heavy (non-hydrogen) atoms. The molecule has 1 unspecified atom stereocenters. The normalized spacial score (nSPS) is 12.1. The summed E-state index contributed by atoms with van der Waals surface area (Å²) in [7, 11) is 0. The van der Waals surface area contributed by atoms with Gasteiger partial charge in [0.1, 0.15) is 0 Å². The van der Waals surface area contributed by atoms with Gasteiger partial charge in [-0.05, 0) is 18.2 Å². The highest BCUT2D eigenvalue weighted by molar-refractivity contribution is 6.30. The SMILES string of the molecule is CC(CNc1cccc(Cl)c1)[N+](=O)[O-]. The van der Waals surface area contributed by atoms with Crippen LogP contribution in [0.1, 0.15) is 6.92 Å². The first kappa shape index (κ1) is 10.8. The zero-order chi connectivity index (χ0) is 10.6. The summed E-state index contributed by atoms with van der Waals surface area (Å²) >= 11 is 5.75. The molecule has 0 fully saturated rings. The Kier molecular flexibility index (Phi) is 3.71. The number of benzene rings is 1.